The summed E-state index contributed by atoms with van der Waals surface area (Å²) in [5.74, 6) is -0.354. The van der Waals surface area contributed by atoms with Crippen molar-refractivity contribution in [2.24, 2.45) is 4.99 Å². The predicted octanol–water partition coefficient (Wildman–Crippen LogP) is 0.687. The van der Waals surface area contributed by atoms with Gasteiger partial charge in [0.05, 0.1) is 5.69 Å². The van der Waals surface area contributed by atoms with Gasteiger partial charge < -0.3 is 0 Å². The van der Waals surface area contributed by atoms with Crippen LogP contribution in [0.2, 0.25) is 0 Å². The van der Waals surface area contributed by atoms with Crippen molar-refractivity contribution in [2.75, 3.05) is 0 Å². The monoisotopic (exact) mass is 155 g/mol. The van der Waals surface area contributed by atoms with E-state index in [0.29, 0.717) is 10.6 Å². The molecule has 0 fully saturated rings. The van der Waals surface area contributed by atoms with Crippen LogP contribution in [0.25, 0.3) is 0 Å². The van der Waals surface area contributed by atoms with E-state index < -0.39 is 0 Å². The Morgan fingerprint density at radius 1 is 1.80 bits per heavy atom. The van der Waals surface area contributed by atoms with E-state index in [4.69, 9.17) is 0 Å². The van der Waals surface area contributed by atoms with E-state index in [9.17, 15) is 4.79 Å². The summed E-state index contributed by atoms with van der Waals surface area (Å²) in [5.41, 5.74) is 0.613. The fourth-order valence-corrected chi connectivity index (χ4v) is 1.06. The molecule has 0 aromatic carbocycles. The lowest BCUT2D eigenvalue weighted by atomic mass is 10.4. The standard InChI is InChI=1S/C5H5N3OS/c1-3-4(5(9)6-2)10-8-7-3/h2H2,1H3. The topological polar surface area (TPSA) is 55.2 Å². The SMILES string of the molecule is C=NC(=O)c1snnc1C. The Bertz CT molecular complexity index is 268. The van der Waals surface area contributed by atoms with E-state index in [1.54, 1.807) is 6.92 Å². The maximum Gasteiger partial charge on any atom is 0.290 e. The molecule has 1 aromatic heterocycles. The second kappa shape index (κ2) is 2.66. The van der Waals surface area contributed by atoms with Crippen LogP contribution in [0.1, 0.15) is 15.4 Å². The number of carbonyl (C=O) groups is 1. The zero-order valence-corrected chi connectivity index (χ0v) is 6.18. The van der Waals surface area contributed by atoms with Gasteiger partial charge in [-0.2, -0.15) is 0 Å². The number of carbonyl (C=O) groups excluding carboxylic acids is 1. The van der Waals surface area contributed by atoms with E-state index in [-0.39, 0.29) is 5.91 Å². The van der Waals surface area contributed by atoms with Crippen LogP contribution >= 0.6 is 11.5 Å². The lowest BCUT2D eigenvalue weighted by molar-refractivity contribution is 0.101. The third-order valence-corrected chi connectivity index (χ3v) is 1.81. The van der Waals surface area contributed by atoms with E-state index >= 15 is 0 Å². The molecule has 5 heteroatoms. The van der Waals surface area contributed by atoms with E-state index in [0.717, 1.165) is 11.5 Å². The number of aryl methyl sites for hydroxylation is 1. The van der Waals surface area contributed by atoms with E-state index in [1.165, 1.54) is 0 Å². The molecule has 0 bridgehead atoms. The van der Waals surface area contributed by atoms with Crippen molar-refractivity contribution < 1.29 is 4.79 Å². The largest absolute Gasteiger partial charge is 0.290 e. The number of aliphatic imine (C=N–C) groups is 1. The van der Waals surface area contributed by atoms with Crippen molar-refractivity contribution in [1.29, 1.82) is 0 Å². The Morgan fingerprint density at radius 2 is 2.50 bits per heavy atom. The Kier molecular flexibility index (Phi) is 1.86. The molecule has 0 unspecified atom stereocenters. The Hall–Kier alpha value is -1.10. The molecule has 0 spiro atoms. The Balaban J connectivity index is 3.04. The van der Waals surface area contributed by atoms with Gasteiger partial charge in [0.25, 0.3) is 5.91 Å². The number of hydrogen-bond donors (Lipinski definition) is 0. The summed E-state index contributed by atoms with van der Waals surface area (Å²) in [6, 6.07) is 0. The first kappa shape index (κ1) is 7.01. The number of amides is 1. The molecule has 0 N–H and O–H groups in total. The highest BCUT2D eigenvalue weighted by Gasteiger charge is 2.09. The first-order valence-corrected chi connectivity index (χ1v) is 3.33. The first-order chi connectivity index (χ1) is 4.75. The molecule has 1 rings (SSSR count). The molecular formula is C5H5N3OS. The quantitative estimate of drug-likeness (QED) is 0.560. The molecule has 0 radical (unpaired) electrons. The zero-order chi connectivity index (χ0) is 7.56. The van der Waals surface area contributed by atoms with Crippen molar-refractivity contribution in [3.05, 3.63) is 10.6 Å². The zero-order valence-electron chi connectivity index (χ0n) is 5.37. The molecule has 1 amide bonds. The van der Waals surface area contributed by atoms with Crippen molar-refractivity contribution in [3.8, 4) is 0 Å². The highest BCUT2D eigenvalue weighted by Crippen LogP contribution is 2.09. The molecule has 0 saturated carbocycles. The van der Waals surface area contributed by atoms with Gasteiger partial charge in [0.1, 0.15) is 4.88 Å². The second-order valence-electron chi connectivity index (χ2n) is 1.65. The minimum Gasteiger partial charge on any atom is -0.266 e. The Morgan fingerprint density at radius 3 is 2.90 bits per heavy atom. The van der Waals surface area contributed by atoms with Gasteiger partial charge in [0.15, 0.2) is 0 Å². The minimum absolute atomic E-state index is 0.354. The van der Waals surface area contributed by atoms with Gasteiger partial charge in [0, 0.05) is 0 Å². The summed E-state index contributed by atoms with van der Waals surface area (Å²) < 4.78 is 3.57. The van der Waals surface area contributed by atoms with Gasteiger partial charge in [-0.05, 0) is 25.2 Å². The summed E-state index contributed by atoms with van der Waals surface area (Å²) in [6.07, 6.45) is 0. The van der Waals surface area contributed by atoms with Crippen molar-refractivity contribution in [3.63, 3.8) is 0 Å². The third-order valence-electron chi connectivity index (χ3n) is 0.989. The van der Waals surface area contributed by atoms with Crippen LogP contribution in [0, 0.1) is 6.92 Å². The van der Waals surface area contributed by atoms with E-state index in [2.05, 4.69) is 21.3 Å². The lowest BCUT2D eigenvalue weighted by Gasteiger charge is -1.84. The molecule has 0 aliphatic rings. The minimum atomic E-state index is -0.354. The molecule has 1 aromatic rings. The maximum atomic E-state index is 10.8. The van der Waals surface area contributed by atoms with Crippen LogP contribution in [0.5, 0.6) is 0 Å². The maximum absolute atomic E-state index is 10.8. The average molecular weight is 155 g/mol. The van der Waals surface area contributed by atoms with Crippen molar-refractivity contribution in [2.45, 2.75) is 6.92 Å². The van der Waals surface area contributed by atoms with Crippen LogP contribution < -0.4 is 0 Å². The highest BCUT2D eigenvalue weighted by atomic mass is 32.1. The average Bonchev–Trinajstić information content (AvgIpc) is 2.34. The van der Waals surface area contributed by atoms with Crippen molar-refractivity contribution >= 4 is 24.2 Å². The number of nitrogens with zero attached hydrogens (tertiary/aromatic N) is 3. The van der Waals surface area contributed by atoms with Crippen LogP contribution in [-0.2, 0) is 0 Å². The Labute approximate surface area is 61.8 Å². The van der Waals surface area contributed by atoms with Gasteiger partial charge in [0.2, 0.25) is 0 Å². The van der Waals surface area contributed by atoms with Crippen LogP contribution in [0.4, 0.5) is 0 Å². The summed E-state index contributed by atoms with van der Waals surface area (Å²) >= 11 is 1.04. The lowest BCUT2D eigenvalue weighted by Crippen LogP contribution is -1.91. The molecule has 0 aliphatic carbocycles. The van der Waals surface area contributed by atoms with Crippen LogP contribution in [-0.4, -0.2) is 22.2 Å². The summed E-state index contributed by atoms with van der Waals surface area (Å²) in [7, 11) is 0. The molecule has 10 heavy (non-hydrogen) atoms. The first-order valence-electron chi connectivity index (χ1n) is 2.55. The number of rotatable bonds is 1. The number of aromatic nitrogens is 2. The van der Waals surface area contributed by atoms with Crippen LogP contribution in [0.3, 0.4) is 0 Å². The highest BCUT2D eigenvalue weighted by molar-refractivity contribution is 7.08. The van der Waals surface area contributed by atoms with Gasteiger partial charge in [-0.15, -0.1) is 5.10 Å². The summed E-state index contributed by atoms with van der Waals surface area (Å²) in [4.78, 5) is 14.5. The van der Waals surface area contributed by atoms with Crippen molar-refractivity contribution in [1.82, 2.24) is 9.59 Å². The number of hydrogen-bond acceptors (Lipinski definition) is 4. The van der Waals surface area contributed by atoms with Gasteiger partial charge >= 0.3 is 0 Å². The summed E-state index contributed by atoms with van der Waals surface area (Å²) in [6.45, 7) is 4.82. The normalized spacial score (nSPS) is 9.30. The molecule has 0 aliphatic heterocycles. The van der Waals surface area contributed by atoms with Gasteiger partial charge in [-0.3, -0.25) is 4.79 Å². The molecule has 0 atom stereocenters. The molecular weight excluding hydrogens is 150 g/mol. The second-order valence-corrected chi connectivity index (χ2v) is 2.40. The fraction of sp³-hybridized carbons (Fsp3) is 0.200. The predicted molar refractivity (Wildman–Crippen MR) is 38.5 cm³/mol. The van der Waals surface area contributed by atoms with Crippen LogP contribution in [0.15, 0.2) is 4.99 Å². The molecule has 4 nitrogen and oxygen atoms in total. The molecule has 1 heterocycles. The smallest absolute Gasteiger partial charge is 0.266 e. The van der Waals surface area contributed by atoms with Gasteiger partial charge in [-0.1, -0.05) is 4.49 Å². The van der Waals surface area contributed by atoms with Gasteiger partial charge in [-0.25, -0.2) is 4.99 Å². The fourth-order valence-electron chi connectivity index (χ4n) is 0.500. The molecule has 0 saturated heterocycles. The molecule has 52 valence electrons. The van der Waals surface area contributed by atoms with E-state index in [1.807, 2.05) is 0 Å². The summed E-state index contributed by atoms with van der Waals surface area (Å²) in [5, 5.41) is 3.65. The third kappa shape index (κ3) is 1.08.